The van der Waals surface area contributed by atoms with Crippen molar-refractivity contribution in [2.75, 3.05) is 20.3 Å². The first-order valence-corrected chi connectivity index (χ1v) is 5.12. The number of benzene rings is 1. The lowest BCUT2D eigenvalue weighted by atomic mass is 10.3. The molecule has 0 atom stereocenters. The average Bonchev–Trinajstić information content (AvgIpc) is 2.37. The van der Waals surface area contributed by atoms with Crippen LogP contribution in [0.5, 0.6) is 11.5 Å². The van der Waals surface area contributed by atoms with Crippen molar-refractivity contribution in [3.8, 4) is 11.5 Å². The monoisotopic (exact) mass is 238 g/mol. The number of carbonyl (C=O) groups is 2. The minimum atomic E-state index is -0.453. The van der Waals surface area contributed by atoms with E-state index in [0.717, 1.165) is 5.75 Å². The molecule has 92 valence electrons. The summed E-state index contributed by atoms with van der Waals surface area (Å²) in [6.45, 7) is 0.00535. The van der Waals surface area contributed by atoms with Crippen LogP contribution >= 0.6 is 0 Å². The molecule has 1 aromatic rings. The number of rotatable bonds is 7. The summed E-state index contributed by atoms with van der Waals surface area (Å²) in [6, 6.07) is 7.02. The van der Waals surface area contributed by atoms with E-state index >= 15 is 0 Å². The van der Waals surface area contributed by atoms with Gasteiger partial charge in [-0.05, 0) is 24.3 Å². The van der Waals surface area contributed by atoms with Gasteiger partial charge in [0.1, 0.15) is 18.1 Å². The highest BCUT2D eigenvalue weighted by Gasteiger charge is 2.02. The second kappa shape index (κ2) is 7.27. The number of hydrogen-bond acceptors (Lipinski definition) is 5. The lowest BCUT2D eigenvalue weighted by Crippen LogP contribution is -2.11. The quantitative estimate of drug-likeness (QED) is 0.527. The SMILES string of the molecule is COc1ccc(OCCC(=O)OCC=O)cc1. The van der Waals surface area contributed by atoms with Crippen LogP contribution in [0.25, 0.3) is 0 Å². The van der Waals surface area contributed by atoms with Crippen molar-refractivity contribution >= 4 is 12.3 Å². The van der Waals surface area contributed by atoms with E-state index in [-0.39, 0.29) is 19.6 Å². The van der Waals surface area contributed by atoms with E-state index in [2.05, 4.69) is 4.74 Å². The predicted octanol–water partition coefficient (Wildman–Crippen LogP) is 1.21. The number of hydrogen-bond donors (Lipinski definition) is 0. The molecule has 0 aliphatic heterocycles. The summed E-state index contributed by atoms with van der Waals surface area (Å²) in [7, 11) is 1.58. The molecule has 1 aromatic carbocycles. The number of esters is 1. The van der Waals surface area contributed by atoms with E-state index < -0.39 is 5.97 Å². The fourth-order valence-corrected chi connectivity index (χ4v) is 1.12. The molecule has 0 heterocycles. The highest BCUT2D eigenvalue weighted by atomic mass is 16.5. The molecule has 0 spiro atoms. The Balaban J connectivity index is 2.25. The van der Waals surface area contributed by atoms with Crippen molar-refractivity contribution in [3.05, 3.63) is 24.3 Å². The lowest BCUT2D eigenvalue weighted by molar-refractivity contribution is -0.146. The number of carbonyl (C=O) groups excluding carboxylic acids is 2. The first-order valence-electron chi connectivity index (χ1n) is 5.12. The van der Waals surface area contributed by atoms with E-state index in [1.807, 2.05) is 0 Å². The van der Waals surface area contributed by atoms with Crippen LogP contribution in [0.15, 0.2) is 24.3 Å². The first-order chi connectivity index (χ1) is 8.26. The molecule has 0 fully saturated rings. The van der Waals surface area contributed by atoms with Gasteiger partial charge in [-0.3, -0.25) is 9.59 Å². The number of methoxy groups -OCH3 is 1. The Hall–Kier alpha value is -2.04. The average molecular weight is 238 g/mol. The maximum Gasteiger partial charge on any atom is 0.309 e. The molecule has 0 radical (unpaired) electrons. The van der Waals surface area contributed by atoms with Crippen molar-refractivity contribution in [1.29, 1.82) is 0 Å². The second-order valence-electron chi connectivity index (χ2n) is 3.12. The topological polar surface area (TPSA) is 61.8 Å². The van der Waals surface area contributed by atoms with E-state index in [0.29, 0.717) is 12.0 Å². The minimum absolute atomic E-state index is 0.111. The lowest BCUT2D eigenvalue weighted by Gasteiger charge is -2.06. The van der Waals surface area contributed by atoms with E-state index in [4.69, 9.17) is 9.47 Å². The molecule has 0 aliphatic rings. The number of aldehydes is 1. The van der Waals surface area contributed by atoms with Gasteiger partial charge in [0.05, 0.1) is 20.1 Å². The zero-order valence-corrected chi connectivity index (χ0v) is 9.55. The molecule has 1 rings (SSSR count). The number of ether oxygens (including phenoxy) is 3. The standard InChI is InChI=1S/C12H14O5/c1-15-10-2-4-11(5-3-10)16-8-6-12(14)17-9-7-13/h2-5,7H,6,8-9H2,1H3. The van der Waals surface area contributed by atoms with Crippen molar-refractivity contribution < 1.29 is 23.8 Å². The van der Waals surface area contributed by atoms with Gasteiger partial charge in [-0.15, -0.1) is 0 Å². The smallest absolute Gasteiger partial charge is 0.309 e. The third-order valence-corrected chi connectivity index (χ3v) is 1.95. The third kappa shape index (κ3) is 5.01. The zero-order valence-electron chi connectivity index (χ0n) is 9.55. The van der Waals surface area contributed by atoms with Crippen molar-refractivity contribution in [2.24, 2.45) is 0 Å². The summed E-state index contributed by atoms with van der Waals surface area (Å²) in [5.41, 5.74) is 0. The Morgan fingerprint density at radius 3 is 2.47 bits per heavy atom. The zero-order chi connectivity index (χ0) is 12.5. The second-order valence-corrected chi connectivity index (χ2v) is 3.12. The fraction of sp³-hybridized carbons (Fsp3) is 0.333. The Labute approximate surface area is 99.3 Å². The highest BCUT2D eigenvalue weighted by molar-refractivity contribution is 5.71. The van der Waals surface area contributed by atoms with Crippen LogP contribution in [0.2, 0.25) is 0 Å². The normalized spacial score (nSPS) is 9.47. The van der Waals surface area contributed by atoms with Crippen molar-refractivity contribution in [2.45, 2.75) is 6.42 Å². The van der Waals surface area contributed by atoms with Crippen molar-refractivity contribution in [3.63, 3.8) is 0 Å². The first kappa shape index (κ1) is 13.0. The maximum atomic E-state index is 11.0. The summed E-state index contributed by atoms with van der Waals surface area (Å²) >= 11 is 0. The molecule has 0 saturated heterocycles. The van der Waals surface area contributed by atoms with Gasteiger partial charge in [-0.1, -0.05) is 0 Å². The molecule has 0 saturated carbocycles. The fourth-order valence-electron chi connectivity index (χ4n) is 1.12. The van der Waals surface area contributed by atoms with E-state index in [1.54, 1.807) is 31.4 Å². The molecular weight excluding hydrogens is 224 g/mol. The molecular formula is C12H14O5. The van der Waals surface area contributed by atoms with Crippen LogP contribution in [-0.2, 0) is 14.3 Å². The van der Waals surface area contributed by atoms with Gasteiger partial charge < -0.3 is 14.2 Å². The van der Waals surface area contributed by atoms with E-state index in [9.17, 15) is 9.59 Å². The molecule has 5 heteroatoms. The third-order valence-electron chi connectivity index (χ3n) is 1.95. The molecule has 0 aliphatic carbocycles. The van der Waals surface area contributed by atoms with Crippen molar-refractivity contribution in [1.82, 2.24) is 0 Å². The predicted molar refractivity (Wildman–Crippen MR) is 60.1 cm³/mol. The largest absolute Gasteiger partial charge is 0.497 e. The van der Waals surface area contributed by atoms with Gasteiger partial charge in [0.2, 0.25) is 0 Å². The summed E-state index contributed by atoms with van der Waals surface area (Å²) in [4.78, 5) is 21.0. The Kier molecular flexibility index (Phi) is 5.57. The molecule has 0 N–H and O–H groups in total. The van der Waals surface area contributed by atoms with Crippen LogP contribution in [0.3, 0.4) is 0 Å². The van der Waals surface area contributed by atoms with Gasteiger partial charge in [0.15, 0.2) is 6.29 Å². The molecule has 0 unspecified atom stereocenters. The Bertz CT molecular complexity index is 358. The van der Waals surface area contributed by atoms with Crippen LogP contribution in [0.4, 0.5) is 0 Å². The van der Waals surface area contributed by atoms with Gasteiger partial charge in [-0.25, -0.2) is 0 Å². The van der Waals surface area contributed by atoms with Gasteiger partial charge in [0, 0.05) is 0 Å². The Morgan fingerprint density at radius 1 is 1.24 bits per heavy atom. The molecule has 17 heavy (non-hydrogen) atoms. The van der Waals surface area contributed by atoms with Gasteiger partial charge in [-0.2, -0.15) is 0 Å². The van der Waals surface area contributed by atoms with Gasteiger partial charge >= 0.3 is 5.97 Å². The highest BCUT2D eigenvalue weighted by Crippen LogP contribution is 2.16. The van der Waals surface area contributed by atoms with Crippen LogP contribution in [0, 0.1) is 0 Å². The molecule has 0 aromatic heterocycles. The molecule has 0 bridgehead atoms. The Morgan fingerprint density at radius 2 is 1.88 bits per heavy atom. The van der Waals surface area contributed by atoms with Crippen LogP contribution in [0.1, 0.15) is 6.42 Å². The minimum Gasteiger partial charge on any atom is -0.497 e. The summed E-state index contributed by atoms with van der Waals surface area (Å²) in [5, 5.41) is 0. The summed E-state index contributed by atoms with van der Waals surface area (Å²) < 4.78 is 14.9. The van der Waals surface area contributed by atoms with Gasteiger partial charge in [0.25, 0.3) is 0 Å². The summed E-state index contributed by atoms with van der Waals surface area (Å²) in [5.74, 6) is 0.933. The summed E-state index contributed by atoms with van der Waals surface area (Å²) in [6.07, 6.45) is 0.641. The maximum absolute atomic E-state index is 11.0. The molecule has 0 amide bonds. The van der Waals surface area contributed by atoms with Crippen LogP contribution < -0.4 is 9.47 Å². The van der Waals surface area contributed by atoms with E-state index in [1.165, 1.54) is 0 Å². The van der Waals surface area contributed by atoms with Crippen LogP contribution in [-0.4, -0.2) is 32.6 Å². The molecule has 5 nitrogen and oxygen atoms in total.